The first-order valence-corrected chi connectivity index (χ1v) is 11.4. The molecule has 0 amide bonds. The molecule has 0 aliphatic rings. The molecule has 0 saturated heterocycles. The first-order chi connectivity index (χ1) is 17.1. The van der Waals surface area contributed by atoms with Gasteiger partial charge < -0.3 is 4.74 Å². The quantitative estimate of drug-likeness (QED) is 0.248. The Balaban J connectivity index is 1.36. The van der Waals surface area contributed by atoms with Gasteiger partial charge in [0.25, 0.3) is 0 Å². The van der Waals surface area contributed by atoms with Crippen molar-refractivity contribution in [3.63, 3.8) is 0 Å². The number of hydrogen-bond acceptors (Lipinski definition) is 8. The first kappa shape index (κ1) is 22.7. The number of benzene rings is 2. The van der Waals surface area contributed by atoms with Gasteiger partial charge in [0, 0.05) is 17.1 Å². The molecule has 3 heterocycles. The second kappa shape index (κ2) is 10.0. The summed E-state index contributed by atoms with van der Waals surface area (Å²) < 4.78 is 6.60. The summed E-state index contributed by atoms with van der Waals surface area (Å²) in [4.78, 5) is 25.7. The van der Waals surface area contributed by atoms with Crippen LogP contribution in [0.15, 0.2) is 66.9 Å². The molecule has 5 aromatic rings. The molecule has 1 N–H and O–H groups in total. The first-order valence-electron chi connectivity index (χ1n) is 11.0. The number of hydrogen-bond donors (Lipinski definition) is 1. The molecule has 0 unspecified atom stereocenters. The van der Waals surface area contributed by atoms with E-state index in [0.29, 0.717) is 35.0 Å². The molecule has 0 radical (unpaired) electrons. The molecule has 176 valence electrons. The number of fused-ring (bicyclic) bond motifs is 2. The summed E-state index contributed by atoms with van der Waals surface area (Å²) in [5, 5.41) is 10.0. The number of nitrogens with one attached hydrogen (secondary N) is 1. The zero-order chi connectivity index (χ0) is 24.2. The van der Waals surface area contributed by atoms with Crippen LogP contribution < -0.4 is 5.48 Å². The SMILES string of the molecule is CCOC(=O)CONc1ccc(-c2ccc3nnn(Cc4ccc5ncccc5c4)c3n2)cc1Cl. The highest BCUT2D eigenvalue weighted by atomic mass is 35.5. The highest BCUT2D eigenvalue weighted by Gasteiger charge is 2.11. The number of rotatable bonds is 8. The standard InChI is InChI=1S/C25H21ClN6O3/c1-2-34-24(33)15-35-30-22-8-6-18(13-19(22)26)21-9-10-23-25(28-21)32(31-29-23)14-16-5-7-20-17(12-16)4-3-11-27-20/h3-13,30H,2,14-15H2,1H3. The van der Waals surface area contributed by atoms with Gasteiger partial charge in [-0.25, -0.2) is 14.5 Å². The van der Waals surface area contributed by atoms with Gasteiger partial charge >= 0.3 is 5.97 Å². The lowest BCUT2D eigenvalue weighted by Crippen LogP contribution is -2.15. The summed E-state index contributed by atoms with van der Waals surface area (Å²) in [5.74, 6) is -0.462. The Bertz CT molecular complexity index is 1520. The number of nitrogens with zero attached hydrogens (tertiary/aromatic N) is 5. The van der Waals surface area contributed by atoms with Gasteiger partial charge in [0.15, 0.2) is 12.3 Å². The summed E-state index contributed by atoms with van der Waals surface area (Å²) in [6.45, 7) is 2.33. The van der Waals surface area contributed by atoms with E-state index in [4.69, 9.17) is 26.2 Å². The van der Waals surface area contributed by atoms with Crippen molar-refractivity contribution in [3.05, 3.63) is 77.4 Å². The van der Waals surface area contributed by atoms with E-state index in [1.165, 1.54) is 0 Å². The molecule has 0 fully saturated rings. The third-order valence-corrected chi connectivity index (χ3v) is 5.61. The molecule has 0 aliphatic heterocycles. The van der Waals surface area contributed by atoms with E-state index in [1.54, 1.807) is 29.9 Å². The predicted molar refractivity (Wildman–Crippen MR) is 133 cm³/mol. The van der Waals surface area contributed by atoms with Gasteiger partial charge in [-0.2, -0.15) is 0 Å². The van der Waals surface area contributed by atoms with Crippen molar-refractivity contribution in [1.82, 2.24) is 25.0 Å². The Hall–Kier alpha value is -4.08. The fourth-order valence-electron chi connectivity index (χ4n) is 3.65. The summed E-state index contributed by atoms with van der Waals surface area (Å²) in [6, 6.07) is 19.2. The van der Waals surface area contributed by atoms with Crippen molar-refractivity contribution in [2.75, 3.05) is 18.7 Å². The van der Waals surface area contributed by atoms with Crippen molar-refractivity contribution < 1.29 is 14.4 Å². The van der Waals surface area contributed by atoms with E-state index < -0.39 is 5.97 Å². The van der Waals surface area contributed by atoms with E-state index >= 15 is 0 Å². The Labute approximate surface area is 205 Å². The highest BCUT2D eigenvalue weighted by molar-refractivity contribution is 6.33. The van der Waals surface area contributed by atoms with Crippen molar-refractivity contribution in [2.45, 2.75) is 13.5 Å². The second-order valence-electron chi connectivity index (χ2n) is 7.71. The molecule has 0 aliphatic carbocycles. The predicted octanol–water partition coefficient (Wildman–Crippen LogP) is 4.65. The number of pyridine rings is 2. The smallest absolute Gasteiger partial charge is 0.334 e. The number of halogens is 1. The van der Waals surface area contributed by atoms with Crippen LogP contribution in [0.4, 0.5) is 5.69 Å². The van der Waals surface area contributed by atoms with Gasteiger partial charge in [-0.15, -0.1) is 5.10 Å². The Morgan fingerprint density at radius 3 is 2.83 bits per heavy atom. The molecule has 0 bridgehead atoms. The van der Waals surface area contributed by atoms with Crippen LogP contribution in [0.25, 0.3) is 33.3 Å². The van der Waals surface area contributed by atoms with Crippen LogP contribution in [-0.4, -0.2) is 44.1 Å². The fourth-order valence-corrected chi connectivity index (χ4v) is 3.87. The van der Waals surface area contributed by atoms with Gasteiger partial charge in [-0.1, -0.05) is 35.0 Å². The summed E-state index contributed by atoms with van der Waals surface area (Å²) in [7, 11) is 0. The normalized spacial score (nSPS) is 11.1. The topological polar surface area (TPSA) is 104 Å². The number of carbonyl (C=O) groups is 1. The molecule has 0 atom stereocenters. The molecule has 9 nitrogen and oxygen atoms in total. The third kappa shape index (κ3) is 5.06. The second-order valence-corrected chi connectivity index (χ2v) is 8.11. The molecule has 2 aromatic carbocycles. The van der Waals surface area contributed by atoms with Gasteiger partial charge in [-0.3, -0.25) is 15.3 Å². The fraction of sp³-hybridized carbons (Fsp3) is 0.160. The van der Waals surface area contributed by atoms with Crippen LogP contribution in [0.2, 0.25) is 5.02 Å². The lowest BCUT2D eigenvalue weighted by atomic mass is 10.1. The highest BCUT2D eigenvalue weighted by Crippen LogP contribution is 2.29. The molecule has 0 saturated carbocycles. The molecule has 5 rings (SSSR count). The van der Waals surface area contributed by atoms with Gasteiger partial charge in [-0.05, 0) is 55.0 Å². The van der Waals surface area contributed by atoms with Gasteiger partial charge in [0.1, 0.15) is 5.52 Å². The third-order valence-electron chi connectivity index (χ3n) is 5.30. The Morgan fingerprint density at radius 1 is 1.09 bits per heavy atom. The molecular formula is C25H21ClN6O3. The van der Waals surface area contributed by atoms with Crippen molar-refractivity contribution in [1.29, 1.82) is 0 Å². The van der Waals surface area contributed by atoms with Crippen molar-refractivity contribution in [2.24, 2.45) is 0 Å². The Kier molecular flexibility index (Phi) is 6.51. The molecular weight excluding hydrogens is 468 g/mol. The summed E-state index contributed by atoms with van der Waals surface area (Å²) in [5.41, 5.74) is 8.14. The van der Waals surface area contributed by atoms with Crippen LogP contribution in [0.1, 0.15) is 12.5 Å². The minimum Gasteiger partial charge on any atom is -0.464 e. The van der Waals surface area contributed by atoms with E-state index in [2.05, 4.69) is 26.8 Å². The zero-order valence-electron chi connectivity index (χ0n) is 18.8. The maximum atomic E-state index is 11.4. The van der Waals surface area contributed by atoms with E-state index in [0.717, 1.165) is 27.7 Å². The molecule has 35 heavy (non-hydrogen) atoms. The largest absolute Gasteiger partial charge is 0.464 e. The number of anilines is 1. The lowest BCUT2D eigenvalue weighted by Gasteiger charge is -2.10. The maximum Gasteiger partial charge on any atom is 0.334 e. The average Bonchev–Trinajstić information content (AvgIpc) is 3.27. The van der Waals surface area contributed by atoms with Crippen LogP contribution >= 0.6 is 11.6 Å². The molecule has 0 spiro atoms. The number of esters is 1. The number of aromatic nitrogens is 5. The summed E-state index contributed by atoms with van der Waals surface area (Å²) >= 11 is 6.42. The van der Waals surface area contributed by atoms with Crippen molar-refractivity contribution >= 4 is 45.3 Å². The van der Waals surface area contributed by atoms with Crippen molar-refractivity contribution in [3.8, 4) is 11.3 Å². The number of ether oxygens (including phenoxy) is 1. The minimum absolute atomic E-state index is 0.227. The van der Waals surface area contributed by atoms with Gasteiger partial charge in [0.05, 0.1) is 35.1 Å². The zero-order valence-corrected chi connectivity index (χ0v) is 19.6. The maximum absolute atomic E-state index is 11.4. The van der Waals surface area contributed by atoms with Crippen LogP contribution in [0.5, 0.6) is 0 Å². The van der Waals surface area contributed by atoms with E-state index in [9.17, 15) is 4.79 Å². The van der Waals surface area contributed by atoms with Crippen LogP contribution in [0, 0.1) is 0 Å². The van der Waals surface area contributed by atoms with E-state index in [1.807, 2.05) is 42.5 Å². The molecule has 10 heteroatoms. The Morgan fingerprint density at radius 2 is 1.97 bits per heavy atom. The summed E-state index contributed by atoms with van der Waals surface area (Å²) in [6.07, 6.45) is 1.78. The molecule has 3 aromatic heterocycles. The van der Waals surface area contributed by atoms with E-state index in [-0.39, 0.29) is 6.61 Å². The van der Waals surface area contributed by atoms with Crippen LogP contribution in [-0.2, 0) is 20.9 Å². The number of carbonyl (C=O) groups excluding carboxylic acids is 1. The van der Waals surface area contributed by atoms with Gasteiger partial charge in [0.2, 0.25) is 0 Å². The minimum atomic E-state index is -0.462. The average molecular weight is 489 g/mol. The monoisotopic (exact) mass is 488 g/mol. The van der Waals surface area contributed by atoms with Crippen LogP contribution in [0.3, 0.4) is 0 Å². The lowest BCUT2D eigenvalue weighted by molar-refractivity contribution is -0.147.